The third-order valence-corrected chi connectivity index (χ3v) is 5.42. The first-order valence-corrected chi connectivity index (χ1v) is 12.7. The fourth-order valence-electron chi connectivity index (χ4n) is 2.78. The fraction of sp³-hybridized carbons (Fsp3) is 1.00. The summed E-state index contributed by atoms with van der Waals surface area (Å²) in [5.74, 6) is 2.91. The molecule has 0 aliphatic rings. The summed E-state index contributed by atoms with van der Waals surface area (Å²) in [5.41, 5.74) is 0. The van der Waals surface area contributed by atoms with Gasteiger partial charge >= 0.3 is 0 Å². The van der Waals surface area contributed by atoms with E-state index in [-0.39, 0.29) is 0 Å². The Morgan fingerprint density at radius 3 is 0.645 bits per heavy atom. The summed E-state index contributed by atoms with van der Waals surface area (Å²) in [4.78, 5) is 0. The van der Waals surface area contributed by atoms with Crippen molar-refractivity contribution >= 4 is 0 Å². The molecule has 0 spiro atoms. The molecule has 188 valence electrons. The van der Waals surface area contributed by atoms with Crippen molar-refractivity contribution in [1.29, 1.82) is 0 Å². The largest absolute Gasteiger partial charge is 0.381 e. The third kappa shape index (κ3) is 20.2. The van der Waals surface area contributed by atoms with Gasteiger partial charge in [-0.25, -0.2) is 0 Å². The first-order valence-electron chi connectivity index (χ1n) is 12.7. The van der Waals surface area contributed by atoms with Gasteiger partial charge in [0.05, 0.1) is 52.9 Å². The van der Waals surface area contributed by atoms with Crippen molar-refractivity contribution in [3.8, 4) is 0 Å². The monoisotopic (exact) mass is 446 g/mol. The molecule has 5 heteroatoms. The van der Waals surface area contributed by atoms with Gasteiger partial charge in [0.1, 0.15) is 0 Å². The van der Waals surface area contributed by atoms with E-state index in [0.29, 0.717) is 35.5 Å². The van der Waals surface area contributed by atoms with Crippen LogP contribution in [0.4, 0.5) is 0 Å². The van der Waals surface area contributed by atoms with Crippen LogP contribution >= 0.6 is 0 Å². The minimum atomic E-state index is 0.393. The first kappa shape index (κ1) is 30.8. The average molecular weight is 447 g/mol. The highest BCUT2D eigenvalue weighted by atomic mass is 16.5. The van der Waals surface area contributed by atoms with Gasteiger partial charge in [-0.3, -0.25) is 0 Å². The molecule has 0 N–H and O–H groups in total. The summed E-state index contributed by atoms with van der Waals surface area (Å²) in [7, 11) is 0. The lowest BCUT2D eigenvalue weighted by Gasteiger charge is -2.19. The van der Waals surface area contributed by atoms with Crippen LogP contribution in [0.3, 0.4) is 0 Å². The second kappa shape index (κ2) is 20.4. The second-order valence-corrected chi connectivity index (χ2v) is 10.1. The standard InChI is InChI=1S/C26H54O5/c1-9-21(3)11-27-13-23(5)15-29-17-25(7)19-31-20-26(8)18-30-16-24(6)14-28-12-22(4)10-2/h21-26H,9-20H2,1-8H3. The summed E-state index contributed by atoms with van der Waals surface area (Å²) in [6, 6.07) is 0. The van der Waals surface area contributed by atoms with Crippen LogP contribution in [-0.4, -0.2) is 66.1 Å². The zero-order chi connectivity index (χ0) is 23.5. The molecule has 0 aliphatic carbocycles. The third-order valence-electron chi connectivity index (χ3n) is 5.42. The molecule has 6 atom stereocenters. The molecule has 0 aliphatic heterocycles. The number of ether oxygens (including phenoxy) is 5. The highest BCUT2D eigenvalue weighted by Crippen LogP contribution is 2.07. The Hall–Kier alpha value is -0.200. The van der Waals surface area contributed by atoms with Crippen LogP contribution in [0.1, 0.15) is 68.2 Å². The predicted octanol–water partition coefficient (Wildman–Crippen LogP) is 5.71. The van der Waals surface area contributed by atoms with Crippen LogP contribution in [0.25, 0.3) is 0 Å². The topological polar surface area (TPSA) is 46.2 Å². The summed E-state index contributed by atoms with van der Waals surface area (Å²) in [5, 5.41) is 0. The fourth-order valence-corrected chi connectivity index (χ4v) is 2.78. The lowest BCUT2D eigenvalue weighted by Crippen LogP contribution is -2.21. The second-order valence-electron chi connectivity index (χ2n) is 10.1. The molecule has 6 unspecified atom stereocenters. The van der Waals surface area contributed by atoms with Gasteiger partial charge in [-0.15, -0.1) is 0 Å². The lowest BCUT2D eigenvalue weighted by atomic mass is 10.1. The van der Waals surface area contributed by atoms with E-state index >= 15 is 0 Å². The van der Waals surface area contributed by atoms with E-state index < -0.39 is 0 Å². The predicted molar refractivity (Wildman–Crippen MR) is 130 cm³/mol. The van der Waals surface area contributed by atoms with Gasteiger partial charge in [0.25, 0.3) is 0 Å². The zero-order valence-corrected chi connectivity index (χ0v) is 22.0. The molecule has 0 aromatic rings. The Labute approximate surface area is 193 Å². The Morgan fingerprint density at radius 1 is 0.323 bits per heavy atom. The van der Waals surface area contributed by atoms with E-state index in [0.717, 1.165) is 66.1 Å². The molecule has 5 nitrogen and oxygen atoms in total. The highest BCUT2D eigenvalue weighted by Gasteiger charge is 2.10. The highest BCUT2D eigenvalue weighted by molar-refractivity contribution is 4.57. The Bertz CT molecular complexity index is 345. The van der Waals surface area contributed by atoms with Crippen LogP contribution < -0.4 is 0 Å². The van der Waals surface area contributed by atoms with Crippen molar-refractivity contribution in [2.45, 2.75) is 68.2 Å². The summed E-state index contributed by atoms with van der Waals surface area (Å²) < 4.78 is 29.1. The summed E-state index contributed by atoms with van der Waals surface area (Å²) in [6.07, 6.45) is 2.33. The number of hydrogen-bond acceptors (Lipinski definition) is 5. The molecule has 0 fully saturated rings. The van der Waals surface area contributed by atoms with E-state index in [1.165, 1.54) is 12.8 Å². The molecule has 0 amide bonds. The molecule has 0 heterocycles. The number of hydrogen-bond donors (Lipinski definition) is 0. The maximum Gasteiger partial charge on any atom is 0.0513 e. The normalized spacial score (nSPS) is 17.8. The van der Waals surface area contributed by atoms with E-state index in [9.17, 15) is 0 Å². The van der Waals surface area contributed by atoms with Crippen LogP contribution in [0.2, 0.25) is 0 Å². The van der Waals surface area contributed by atoms with Gasteiger partial charge in [-0.2, -0.15) is 0 Å². The van der Waals surface area contributed by atoms with Crippen LogP contribution in [0, 0.1) is 35.5 Å². The van der Waals surface area contributed by atoms with Gasteiger partial charge in [-0.1, -0.05) is 68.2 Å². The van der Waals surface area contributed by atoms with Gasteiger partial charge in [-0.05, 0) is 11.8 Å². The molecule has 31 heavy (non-hydrogen) atoms. The average Bonchev–Trinajstić information content (AvgIpc) is 2.73. The van der Waals surface area contributed by atoms with Gasteiger partial charge in [0.15, 0.2) is 0 Å². The SMILES string of the molecule is CCC(C)COCC(C)COCC(C)COCC(C)COCC(C)COCC(C)CC. The molecule has 0 aromatic carbocycles. The molecule has 0 aromatic heterocycles. The van der Waals surface area contributed by atoms with E-state index in [1.807, 2.05) is 0 Å². The lowest BCUT2D eigenvalue weighted by molar-refractivity contribution is -0.00927. The van der Waals surface area contributed by atoms with Gasteiger partial charge < -0.3 is 23.7 Å². The molecule has 0 saturated carbocycles. The molecular weight excluding hydrogens is 392 g/mol. The van der Waals surface area contributed by atoms with Crippen LogP contribution in [-0.2, 0) is 23.7 Å². The first-order chi connectivity index (χ1) is 14.8. The maximum absolute atomic E-state index is 5.87. The van der Waals surface area contributed by atoms with Crippen molar-refractivity contribution in [1.82, 2.24) is 0 Å². The quantitative estimate of drug-likeness (QED) is 0.213. The van der Waals surface area contributed by atoms with E-state index in [4.69, 9.17) is 23.7 Å². The molecule has 0 saturated heterocycles. The van der Waals surface area contributed by atoms with Gasteiger partial charge in [0, 0.05) is 36.9 Å². The molecular formula is C26H54O5. The summed E-state index contributed by atoms with van der Waals surface area (Å²) in [6.45, 7) is 25.2. The zero-order valence-electron chi connectivity index (χ0n) is 22.0. The minimum absolute atomic E-state index is 0.393. The van der Waals surface area contributed by atoms with Crippen LogP contribution in [0.5, 0.6) is 0 Å². The number of rotatable bonds is 22. The maximum atomic E-state index is 5.87. The minimum Gasteiger partial charge on any atom is -0.381 e. The van der Waals surface area contributed by atoms with Gasteiger partial charge in [0.2, 0.25) is 0 Å². The van der Waals surface area contributed by atoms with Crippen molar-refractivity contribution in [3.05, 3.63) is 0 Å². The Morgan fingerprint density at radius 2 is 0.484 bits per heavy atom. The van der Waals surface area contributed by atoms with Crippen molar-refractivity contribution in [2.75, 3.05) is 66.1 Å². The molecule has 0 radical (unpaired) electrons. The summed E-state index contributed by atoms with van der Waals surface area (Å²) >= 11 is 0. The van der Waals surface area contributed by atoms with Crippen molar-refractivity contribution in [3.63, 3.8) is 0 Å². The van der Waals surface area contributed by atoms with Crippen molar-refractivity contribution < 1.29 is 23.7 Å². The van der Waals surface area contributed by atoms with Crippen molar-refractivity contribution in [2.24, 2.45) is 35.5 Å². The van der Waals surface area contributed by atoms with Crippen LogP contribution in [0.15, 0.2) is 0 Å². The van der Waals surface area contributed by atoms with E-state index in [1.54, 1.807) is 0 Å². The molecule has 0 bridgehead atoms. The Balaban J connectivity index is 3.60. The van der Waals surface area contributed by atoms with E-state index in [2.05, 4.69) is 55.4 Å². The Kier molecular flexibility index (Phi) is 20.3. The molecule has 0 rings (SSSR count). The smallest absolute Gasteiger partial charge is 0.0513 e.